The predicted octanol–water partition coefficient (Wildman–Crippen LogP) is 4.55. The van der Waals surface area contributed by atoms with Crippen molar-refractivity contribution >= 4 is 29.3 Å². The Hall–Kier alpha value is -1.49. The summed E-state index contributed by atoms with van der Waals surface area (Å²) in [6, 6.07) is 7.39. The Kier molecular flexibility index (Phi) is 8.67. The van der Waals surface area contributed by atoms with Gasteiger partial charge in [0.25, 0.3) is 0 Å². The van der Waals surface area contributed by atoms with Gasteiger partial charge in [0.1, 0.15) is 5.25 Å². The lowest BCUT2D eigenvalue weighted by atomic mass is 10.2. The number of thioether (sulfide) groups is 1. The topological polar surface area (TPSA) is 66.4 Å². The van der Waals surface area contributed by atoms with E-state index in [1.165, 1.54) is 11.8 Å². The number of amides is 1. The lowest BCUT2D eigenvalue weighted by molar-refractivity contribution is -0.136. The van der Waals surface area contributed by atoms with Crippen LogP contribution >= 0.6 is 11.8 Å². The molecule has 2 N–H and O–H groups in total. The lowest BCUT2D eigenvalue weighted by Crippen LogP contribution is -2.17. The van der Waals surface area contributed by atoms with Crippen LogP contribution in [0.15, 0.2) is 29.2 Å². The second-order valence-corrected chi connectivity index (χ2v) is 6.48. The fourth-order valence-electron chi connectivity index (χ4n) is 2.07. The molecule has 0 bridgehead atoms. The molecule has 4 nitrogen and oxygen atoms in total. The number of hydrogen-bond acceptors (Lipinski definition) is 3. The fourth-order valence-corrected chi connectivity index (χ4v) is 3.23. The second kappa shape index (κ2) is 10.3. The van der Waals surface area contributed by atoms with Crippen molar-refractivity contribution < 1.29 is 14.7 Å². The van der Waals surface area contributed by atoms with Gasteiger partial charge in [-0.1, -0.05) is 45.2 Å². The number of carbonyl (C=O) groups is 2. The van der Waals surface area contributed by atoms with E-state index in [4.69, 9.17) is 0 Å². The molecule has 1 atom stereocenters. The maximum Gasteiger partial charge on any atom is 0.316 e. The van der Waals surface area contributed by atoms with Gasteiger partial charge in [0.15, 0.2) is 0 Å². The van der Waals surface area contributed by atoms with Crippen molar-refractivity contribution in [2.24, 2.45) is 0 Å². The molecule has 1 amide bonds. The van der Waals surface area contributed by atoms with Gasteiger partial charge < -0.3 is 10.4 Å². The molecule has 0 saturated heterocycles. The van der Waals surface area contributed by atoms with E-state index >= 15 is 0 Å². The SMILES string of the molecule is CCCCCC(=O)Nc1ccccc1S[C@@H](CCC)C(=O)O. The summed E-state index contributed by atoms with van der Waals surface area (Å²) < 4.78 is 0. The highest BCUT2D eigenvalue weighted by molar-refractivity contribution is 8.00. The van der Waals surface area contributed by atoms with Gasteiger partial charge in [0, 0.05) is 11.3 Å². The molecule has 0 heterocycles. The minimum Gasteiger partial charge on any atom is -0.480 e. The van der Waals surface area contributed by atoms with Crippen LogP contribution in [0.1, 0.15) is 52.4 Å². The molecule has 1 rings (SSSR count). The van der Waals surface area contributed by atoms with Gasteiger partial charge in [-0.05, 0) is 25.0 Å². The number of hydrogen-bond donors (Lipinski definition) is 2. The van der Waals surface area contributed by atoms with Crippen molar-refractivity contribution in [3.05, 3.63) is 24.3 Å². The largest absolute Gasteiger partial charge is 0.480 e. The fraction of sp³-hybridized carbons (Fsp3) is 0.529. The first-order valence-corrected chi connectivity index (χ1v) is 8.74. The quantitative estimate of drug-likeness (QED) is 0.489. The Morgan fingerprint density at radius 1 is 1.18 bits per heavy atom. The summed E-state index contributed by atoms with van der Waals surface area (Å²) in [6.45, 7) is 4.07. The first kappa shape index (κ1) is 18.6. The molecule has 122 valence electrons. The zero-order valence-corrected chi connectivity index (χ0v) is 14.1. The molecule has 0 spiro atoms. The van der Waals surface area contributed by atoms with Gasteiger partial charge >= 0.3 is 5.97 Å². The number of nitrogens with one attached hydrogen (secondary N) is 1. The van der Waals surface area contributed by atoms with Gasteiger partial charge in [-0.25, -0.2) is 0 Å². The average molecular weight is 323 g/mol. The monoisotopic (exact) mass is 323 g/mol. The van der Waals surface area contributed by atoms with Crippen LogP contribution in [0.2, 0.25) is 0 Å². The van der Waals surface area contributed by atoms with Crippen LogP contribution < -0.4 is 5.32 Å². The van der Waals surface area contributed by atoms with Crippen LogP contribution in [-0.4, -0.2) is 22.2 Å². The highest BCUT2D eigenvalue weighted by atomic mass is 32.2. The number of anilines is 1. The number of carboxylic acid groups (broad SMARTS) is 1. The van der Waals surface area contributed by atoms with Gasteiger partial charge in [0.05, 0.1) is 5.69 Å². The van der Waals surface area contributed by atoms with E-state index in [-0.39, 0.29) is 5.91 Å². The Balaban J connectivity index is 2.72. The number of carboxylic acids is 1. The molecular weight excluding hydrogens is 298 g/mol. The van der Waals surface area contributed by atoms with E-state index in [1.54, 1.807) is 0 Å². The Bertz CT molecular complexity index is 491. The molecule has 0 aliphatic heterocycles. The van der Waals surface area contributed by atoms with Crippen LogP contribution in [0.4, 0.5) is 5.69 Å². The highest BCUT2D eigenvalue weighted by Crippen LogP contribution is 2.32. The van der Waals surface area contributed by atoms with Gasteiger partial charge in [-0.2, -0.15) is 0 Å². The number of carbonyl (C=O) groups excluding carboxylic acids is 1. The summed E-state index contributed by atoms with van der Waals surface area (Å²) in [5.41, 5.74) is 0.705. The van der Waals surface area contributed by atoms with Gasteiger partial charge in [-0.15, -0.1) is 11.8 Å². The number of benzene rings is 1. The first-order valence-electron chi connectivity index (χ1n) is 7.86. The van der Waals surface area contributed by atoms with Crippen LogP contribution in [0.5, 0.6) is 0 Å². The predicted molar refractivity (Wildman–Crippen MR) is 91.4 cm³/mol. The standard InChI is InChI=1S/C17H25NO3S/c1-3-5-6-12-16(19)18-13-10-7-8-11-14(13)22-15(9-4-2)17(20)21/h7-8,10-11,15H,3-6,9,12H2,1-2H3,(H,18,19)(H,20,21)/t15-/m0/s1. The molecule has 1 aromatic carbocycles. The first-order chi connectivity index (χ1) is 10.6. The second-order valence-electron chi connectivity index (χ2n) is 5.23. The lowest BCUT2D eigenvalue weighted by Gasteiger charge is -2.15. The summed E-state index contributed by atoms with van der Waals surface area (Å²) >= 11 is 1.30. The van der Waals surface area contributed by atoms with Gasteiger partial charge in [0.2, 0.25) is 5.91 Å². The van der Waals surface area contributed by atoms with E-state index in [2.05, 4.69) is 12.2 Å². The van der Waals surface area contributed by atoms with E-state index in [1.807, 2.05) is 31.2 Å². The zero-order valence-electron chi connectivity index (χ0n) is 13.3. The van der Waals surface area contributed by atoms with Crippen LogP contribution in [0, 0.1) is 0 Å². The van der Waals surface area contributed by atoms with Crippen LogP contribution in [0.25, 0.3) is 0 Å². The highest BCUT2D eigenvalue weighted by Gasteiger charge is 2.19. The summed E-state index contributed by atoms with van der Waals surface area (Å²) in [7, 11) is 0. The van der Waals surface area contributed by atoms with Crippen molar-refractivity contribution in [3.63, 3.8) is 0 Å². The van der Waals surface area contributed by atoms with E-state index < -0.39 is 11.2 Å². The Morgan fingerprint density at radius 3 is 2.55 bits per heavy atom. The van der Waals surface area contributed by atoms with E-state index in [0.717, 1.165) is 30.6 Å². The van der Waals surface area contributed by atoms with Crippen molar-refractivity contribution in [1.82, 2.24) is 0 Å². The van der Waals surface area contributed by atoms with E-state index in [0.29, 0.717) is 18.5 Å². The summed E-state index contributed by atoms with van der Waals surface area (Å²) in [4.78, 5) is 24.1. The molecule has 0 aliphatic rings. The molecule has 0 aromatic heterocycles. The average Bonchev–Trinajstić information content (AvgIpc) is 2.48. The summed E-state index contributed by atoms with van der Waals surface area (Å²) in [5.74, 6) is -0.820. The molecule has 0 unspecified atom stereocenters. The Morgan fingerprint density at radius 2 is 1.91 bits per heavy atom. The summed E-state index contributed by atoms with van der Waals surface area (Å²) in [6.07, 6.45) is 4.93. The number of para-hydroxylation sites is 1. The smallest absolute Gasteiger partial charge is 0.316 e. The maximum absolute atomic E-state index is 11.9. The number of rotatable bonds is 10. The molecule has 22 heavy (non-hydrogen) atoms. The molecular formula is C17H25NO3S. The Labute approximate surface area is 136 Å². The number of aliphatic carboxylic acids is 1. The molecule has 5 heteroatoms. The molecule has 1 aromatic rings. The minimum absolute atomic E-state index is 0.0103. The van der Waals surface area contributed by atoms with Crippen molar-refractivity contribution in [3.8, 4) is 0 Å². The maximum atomic E-state index is 11.9. The third-order valence-corrected chi connectivity index (χ3v) is 4.60. The normalized spacial score (nSPS) is 11.9. The molecule has 0 saturated carbocycles. The third kappa shape index (κ3) is 6.52. The zero-order chi connectivity index (χ0) is 16.4. The van der Waals surface area contributed by atoms with Crippen LogP contribution in [0.3, 0.4) is 0 Å². The minimum atomic E-state index is -0.809. The molecule has 0 aliphatic carbocycles. The van der Waals surface area contributed by atoms with Crippen LogP contribution in [-0.2, 0) is 9.59 Å². The summed E-state index contributed by atoms with van der Waals surface area (Å²) in [5, 5.41) is 11.7. The van der Waals surface area contributed by atoms with Crippen molar-refractivity contribution in [1.29, 1.82) is 0 Å². The molecule has 0 fully saturated rings. The number of unbranched alkanes of at least 4 members (excludes halogenated alkanes) is 2. The molecule has 0 radical (unpaired) electrons. The van der Waals surface area contributed by atoms with Crippen molar-refractivity contribution in [2.75, 3.05) is 5.32 Å². The third-order valence-electron chi connectivity index (χ3n) is 3.26. The van der Waals surface area contributed by atoms with Crippen molar-refractivity contribution in [2.45, 2.75) is 62.5 Å². The van der Waals surface area contributed by atoms with Gasteiger partial charge in [-0.3, -0.25) is 9.59 Å². The van der Waals surface area contributed by atoms with E-state index in [9.17, 15) is 14.7 Å².